The summed E-state index contributed by atoms with van der Waals surface area (Å²) in [6.45, 7) is 5.62. The van der Waals surface area contributed by atoms with Gasteiger partial charge >= 0.3 is 0 Å². The summed E-state index contributed by atoms with van der Waals surface area (Å²) < 4.78 is 12.2. The van der Waals surface area contributed by atoms with Gasteiger partial charge in [0, 0.05) is 25.8 Å². The van der Waals surface area contributed by atoms with E-state index in [1.54, 1.807) is 13.3 Å². The molecule has 0 aliphatic rings. The number of hydrogen-bond donors (Lipinski definition) is 0. The van der Waals surface area contributed by atoms with Gasteiger partial charge in [-0.1, -0.05) is 12.1 Å². The lowest BCUT2D eigenvalue weighted by molar-refractivity contribution is 0.199. The molecule has 0 spiro atoms. The number of aryl methyl sites for hydroxylation is 1. The van der Waals surface area contributed by atoms with E-state index >= 15 is 0 Å². The fourth-order valence-corrected chi connectivity index (χ4v) is 1.75. The molecule has 0 unspecified atom stereocenters. The molecular formula is C12H18N4O2. The molecule has 2 heterocycles. The van der Waals surface area contributed by atoms with E-state index in [-0.39, 0.29) is 0 Å². The maximum absolute atomic E-state index is 5.25. The van der Waals surface area contributed by atoms with Crippen LogP contribution in [0.25, 0.3) is 11.5 Å². The third kappa shape index (κ3) is 2.59. The molecule has 0 aliphatic carbocycles. The van der Waals surface area contributed by atoms with Crippen molar-refractivity contribution >= 4 is 0 Å². The van der Waals surface area contributed by atoms with Crippen molar-refractivity contribution in [1.82, 2.24) is 19.9 Å². The number of rotatable bonds is 6. The molecule has 0 radical (unpaired) electrons. The number of aromatic nitrogens is 4. The van der Waals surface area contributed by atoms with Gasteiger partial charge in [0.25, 0.3) is 5.89 Å². The Morgan fingerprint density at radius 1 is 1.44 bits per heavy atom. The fraction of sp³-hybridized carbons (Fsp3) is 0.583. The predicted octanol–water partition coefficient (Wildman–Crippen LogP) is 1.84. The van der Waals surface area contributed by atoms with Crippen molar-refractivity contribution in [2.75, 3.05) is 13.7 Å². The quantitative estimate of drug-likeness (QED) is 0.782. The van der Waals surface area contributed by atoms with Gasteiger partial charge in [-0.3, -0.25) is 4.68 Å². The first-order valence-electron chi connectivity index (χ1n) is 6.10. The van der Waals surface area contributed by atoms with Crippen LogP contribution in [0.15, 0.2) is 10.7 Å². The van der Waals surface area contributed by atoms with E-state index in [1.807, 2.05) is 11.6 Å². The smallest absolute Gasteiger partial charge is 0.261 e. The highest BCUT2D eigenvalue weighted by Crippen LogP contribution is 2.21. The standard InChI is InChI=1S/C12H18N4O2/c1-4-6-16-9(2)10(8-13-16)12-14-11(15-18-12)5-7-17-3/h8H,4-7H2,1-3H3. The normalized spacial score (nSPS) is 11.1. The zero-order valence-electron chi connectivity index (χ0n) is 11.0. The average molecular weight is 250 g/mol. The Kier molecular flexibility index (Phi) is 4.09. The Morgan fingerprint density at radius 3 is 3.00 bits per heavy atom. The molecule has 0 amide bonds. The first-order chi connectivity index (χ1) is 8.76. The lowest BCUT2D eigenvalue weighted by atomic mass is 10.2. The van der Waals surface area contributed by atoms with Crippen molar-refractivity contribution in [3.05, 3.63) is 17.7 Å². The Morgan fingerprint density at radius 2 is 2.28 bits per heavy atom. The third-order valence-electron chi connectivity index (χ3n) is 2.77. The highest BCUT2D eigenvalue weighted by atomic mass is 16.5. The van der Waals surface area contributed by atoms with E-state index < -0.39 is 0 Å². The Labute approximate surface area is 106 Å². The number of nitrogens with zero attached hydrogens (tertiary/aromatic N) is 4. The van der Waals surface area contributed by atoms with Crippen LogP contribution in [0.1, 0.15) is 24.9 Å². The van der Waals surface area contributed by atoms with Crippen molar-refractivity contribution in [3.63, 3.8) is 0 Å². The second kappa shape index (κ2) is 5.77. The summed E-state index contributed by atoms with van der Waals surface area (Å²) in [4.78, 5) is 4.34. The van der Waals surface area contributed by atoms with Crippen molar-refractivity contribution in [1.29, 1.82) is 0 Å². The summed E-state index contributed by atoms with van der Waals surface area (Å²) >= 11 is 0. The Balaban J connectivity index is 2.18. The molecule has 0 fully saturated rings. The summed E-state index contributed by atoms with van der Waals surface area (Å²) in [5.74, 6) is 1.19. The number of methoxy groups -OCH3 is 1. The first kappa shape index (κ1) is 12.8. The maximum Gasteiger partial charge on any atom is 0.261 e. The second-order valence-electron chi connectivity index (χ2n) is 4.13. The molecule has 0 aromatic carbocycles. The molecule has 6 nitrogen and oxygen atoms in total. The molecular weight excluding hydrogens is 232 g/mol. The van der Waals surface area contributed by atoms with Crippen molar-refractivity contribution in [3.8, 4) is 11.5 Å². The minimum absolute atomic E-state index is 0.529. The summed E-state index contributed by atoms with van der Waals surface area (Å²) in [5, 5.41) is 8.24. The van der Waals surface area contributed by atoms with Crippen LogP contribution in [0.5, 0.6) is 0 Å². The Bertz CT molecular complexity index is 504. The van der Waals surface area contributed by atoms with Gasteiger partial charge in [-0.25, -0.2) is 0 Å². The number of ether oxygens (including phenoxy) is 1. The first-order valence-corrected chi connectivity index (χ1v) is 6.10. The molecule has 0 saturated heterocycles. The summed E-state index contributed by atoms with van der Waals surface area (Å²) in [5.41, 5.74) is 1.96. The largest absolute Gasteiger partial charge is 0.384 e. The minimum atomic E-state index is 0.529. The van der Waals surface area contributed by atoms with Crippen LogP contribution < -0.4 is 0 Å². The minimum Gasteiger partial charge on any atom is -0.384 e. The monoisotopic (exact) mass is 250 g/mol. The highest BCUT2D eigenvalue weighted by Gasteiger charge is 2.14. The zero-order chi connectivity index (χ0) is 13.0. The lowest BCUT2D eigenvalue weighted by Crippen LogP contribution is -2.01. The molecule has 0 bridgehead atoms. The molecule has 2 aromatic heterocycles. The van der Waals surface area contributed by atoms with Crippen LogP contribution >= 0.6 is 0 Å². The van der Waals surface area contributed by atoms with Crippen LogP contribution in [0.2, 0.25) is 0 Å². The van der Waals surface area contributed by atoms with E-state index in [9.17, 15) is 0 Å². The van der Waals surface area contributed by atoms with Gasteiger partial charge in [-0.15, -0.1) is 0 Å². The van der Waals surface area contributed by atoms with Crippen molar-refractivity contribution in [2.45, 2.75) is 33.2 Å². The molecule has 2 aromatic rings. The van der Waals surface area contributed by atoms with Crippen molar-refractivity contribution in [2.24, 2.45) is 0 Å². The molecule has 6 heteroatoms. The van der Waals surface area contributed by atoms with Crippen LogP contribution in [-0.4, -0.2) is 33.6 Å². The van der Waals surface area contributed by atoms with E-state index in [0.717, 1.165) is 24.2 Å². The van der Waals surface area contributed by atoms with E-state index in [2.05, 4.69) is 22.2 Å². The average Bonchev–Trinajstić information content (AvgIpc) is 2.95. The van der Waals surface area contributed by atoms with Gasteiger partial charge in [0.1, 0.15) is 0 Å². The Hall–Kier alpha value is -1.69. The molecule has 0 aliphatic heterocycles. The van der Waals surface area contributed by atoms with Crippen LogP contribution in [0.3, 0.4) is 0 Å². The van der Waals surface area contributed by atoms with Gasteiger partial charge in [0.05, 0.1) is 18.4 Å². The summed E-state index contributed by atoms with van der Waals surface area (Å²) in [6, 6.07) is 0. The summed E-state index contributed by atoms with van der Waals surface area (Å²) in [6.07, 6.45) is 3.48. The predicted molar refractivity (Wildman–Crippen MR) is 66.1 cm³/mol. The third-order valence-corrected chi connectivity index (χ3v) is 2.77. The molecule has 98 valence electrons. The molecule has 18 heavy (non-hydrogen) atoms. The van der Waals surface area contributed by atoms with E-state index in [0.29, 0.717) is 24.7 Å². The van der Waals surface area contributed by atoms with E-state index in [4.69, 9.17) is 9.26 Å². The van der Waals surface area contributed by atoms with Gasteiger partial charge in [0.2, 0.25) is 0 Å². The van der Waals surface area contributed by atoms with Crippen LogP contribution in [-0.2, 0) is 17.7 Å². The fourth-order valence-electron chi connectivity index (χ4n) is 1.75. The van der Waals surface area contributed by atoms with Gasteiger partial charge in [-0.2, -0.15) is 10.1 Å². The van der Waals surface area contributed by atoms with E-state index in [1.165, 1.54) is 0 Å². The SMILES string of the molecule is CCCn1ncc(-c2nc(CCOC)no2)c1C. The highest BCUT2D eigenvalue weighted by molar-refractivity contribution is 5.54. The molecule has 0 N–H and O–H groups in total. The van der Waals surface area contributed by atoms with Crippen LogP contribution in [0, 0.1) is 6.92 Å². The van der Waals surface area contributed by atoms with Crippen LogP contribution in [0.4, 0.5) is 0 Å². The molecule has 0 atom stereocenters. The zero-order valence-corrected chi connectivity index (χ0v) is 11.0. The molecule has 0 saturated carbocycles. The van der Waals surface area contributed by atoms with Gasteiger partial charge < -0.3 is 9.26 Å². The van der Waals surface area contributed by atoms with Gasteiger partial charge in [-0.05, 0) is 13.3 Å². The van der Waals surface area contributed by atoms with Gasteiger partial charge in [0.15, 0.2) is 5.82 Å². The number of hydrogen-bond acceptors (Lipinski definition) is 5. The summed E-state index contributed by atoms with van der Waals surface area (Å²) in [7, 11) is 1.65. The molecule has 2 rings (SSSR count). The second-order valence-corrected chi connectivity index (χ2v) is 4.13. The topological polar surface area (TPSA) is 66.0 Å². The maximum atomic E-state index is 5.25. The lowest BCUT2D eigenvalue weighted by Gasteiger charge is -2.00. The van der Waals surface area contributed by atoms with Crippen molar-refractivity contribution < 1.29 is 9.26 Å².